The predicted octanol–water partition coefficient (Wildman–Crippen LogP) is 4.01. The molecular formula is C16H25NO. The molecule has 0 spiro atoms. The average molecular weight is 247 g/mol. The average Bonchev–Trinajstić information content (AvgIpc) is 2.32. The molecule has 0 aliphatic rings. The van der Waals surface area contributed by atoms with E-state index in [1.807, 2.05) is 4.90 Å². The fraction of sp³-hybridized carbons (Fsp3) is 0.562. The minimum Gasteiger partial charge on any atom is -0.336 e. The molecule has 1 amide bonds. The van der Waals surface area contributed by atoms with E-state index in [0.717, 1.165) is 19.4 Å². The van der Waals surface area contributed by atoms with Crippen LogP contribution in [-0.4, -0.2) is 17.4 Å². The van der Waals surface area contributed by atoms with Crippen molar-refractivity contribution in [2.24, 2.45) is 0 Å². The Hall–Kier alpha value is -1.31. The van der Waals surface area contributed by atoms with Crippen molar-refractivity contribution < 1.29 is 4.79 Å². The molecule has 0 radical (unpaired) electrons. The highest BCUT2D eigenvalue weighted by molar-refractivity contribution is 5.73. The van der Waals surface area contributed by atoms with E-state index in [9.17, 15) is 4.79 Å². The number of rotatable bonds is 5. The van der Waals surface area contributed by atoms with E-state index in [1.54, 1.807) is 6.92 Å². The van der Waals surface area contributed by atoms with E-state index in [2.05, 4.69) is 45.9 Å². The number of aryl methyl sites for hydroxylation is 2. The van der Waals surface area contributed by atoms with Gasteiger partial charge in [-0.1, -0.05) is 37.1 Å². The first kappa shape index (κ1) is 14.7. The molecule has 1 rings (SSSR count). The van der Waals surface area contributed by atoms with Gasteiger partial charge < -0.3 is 4.90 Å². The number of carbonyl (C=O) groups is 1. The number of hydrogen-bond donors (Lipinski definition) is 0. The van der Waals surface area contributed by atoms with E-state index in [-0.39, 0.29) is 11.9 Å². The van der Waals surface area contributed by atoms with Gasteiger partial charge in [-0.05, 0) is 38.3 Å². The maximum absolute atomic E-state index is 11.8. The normalized spacial score (nSPS) is 12.3. The fourth-order valence-electron chi connectivity index (χ4n) is 2.33. The summed E-state index contributed by atoms with van der Waals surface area (Å²) in [5.41, 5.74) is 3.78. The van der Waals surface area contributed by atoms with Gasteiger partial charge in [0.2, 0.25) is 5.91 Å². The minimum atomic E-state index is 0.161. The Labute approximate surface area is 111 Å². The number of carbonyl (C=O) groups excluding carboxylic acids is 1. The molecule has 1 aromatic rings. The molecule has 0 bridgehead atoms. The summed E-state index contributed by atoms with van der Waals surface area (Å²) in [6.45, 7) is 11.0. The highest BCUT2D eigenvalue weighted by Gasteiger charge is 2.19. The smallest absolute Gasteiger partial charge is 0.219 e. The molecule has 0 fully saturated rings. The van der Waals surface area contributed by atoms with Crippen LogP contribution in [0.5, 0.6) is 0 Å². The van der Waals surface area contributed by atoms with Gasteiger partial charge >= 0.3 is 0 Å². The zero-order chi connectivity index (χ0) is 13.7. The lowest BCUT2D eigenvalue weighted by atomic mass is 9.98. The number of unbranched alkanes of at least 4 members (excludes halogenated alkanes) is 1. The molecule has 0 aliphatic carbocycles. The molecule has 0 unspecified atom stereocenters. The number of hydrogen-bond acceptors (Lipinski definition) is 1. The lowest BCUT2D eigenvalue weighted by molar-refractivity contribution is -0.131. The summed E-state index contributed by atoms with van der Waals surface area (Å²) in [5, 5.41) is 0. The van der Waals surface area contributed by atoms with Gasteiger partial charge in [-0.15, -0.1) is 0 Å². The topological polar surface area (TPSA) is 20.3 Å². The molecule has 0 aliphatic heterocycles. The highest BCUT2D eigenvalue weighted by atomic mass is 16.2. The van der Waals surface area contributed by atoms with Crippen molar-refractivity contribution in [2.75, 3.05) is 6.54 Å². The molecule has 1 atom stereocenters. The third kappa shape index (κ3) is 3.59. The monoisotopic (exact) mass is 247 g/mol. The van der Waals surface area contributed by atoms with Crippen LogP contribution in [0.2, 0.25) is 0 Å². The third-order valence-electron chi connectivity index (χ3n) is 3.51. The van der Waals surface area contributed by atoms with Gasteiger partial charge in [0.05, 0.1) is 6.04 Å². The molecule has 0 heterocycles. The Balaban J connectivity index is 2.97. The summed E-state index contributed by atoms with van der Waals surface area (Å²) in [6.07, 6.45) is 2.18. The lowest BCUT2D eigenvalue weighted by Gasteiger charge is -2.29. The van der Waals surface area contributed by atoms with Crippen molar-refractivity contribution in [3.63, 3.8) is 0 Å². The van der Waals surface area contributed by atoms with Gasteiger partial charge in [0.15, 0.2) is 0 Å². The molecule has 0 saturated heterocycles. The highest BCUT2D eigenvalue weighted by Crippen LogP contribution is 2.25. The molecule has 0 N–H and O–H groups in total. The minimum absolute atomic E-state index is 0.161. The first-order valence-electron chi connectivity index (χ1n) is 6.81. The van der Waals surface area contributed by atoms with Crippen LogP contribution >= 0.6 is 0 Å². The van der Waals surface area contributed by atoms with Crippen molar-refractivity contribution in [1.29, 1.82) is 0 Å². The quantitative estimate of drug-likeness (QED) is 0.769. The SMILES string of the molecule is CCCCN(C(C)=O)[C@@H](C)c1cc(C)ccc1C. The molecule has 100 valence electrons. The van der Waals surface area contributed by atoms with Crippen molar-refractivity contribution in [3.8, 4) is 0 Å². The molecule has 2 heteroatoms. The Morgan fingerprint density at radius 3 is 2.56 bits per heavy atom. The summed E-state index contributed by atoms with van der Waals surface area (Å²) in [5.74, 6) is 0.164. The fourth-order valence-corrected chi connectivity index (χ4v) is 2.33. The third-order valence-corrected chi connectivity index (χ3v) is 3.51. The molecular weight excluding hydrogens is 222 g/mol. The standard InChI is InChI=1S/C16H25NO/c1-6-7-10-17(15(5)18)14(4)16-11-12(2)8-9-13(16)3/h8-9,11,14H,6-7,10H2,1-5H3/t14-/m0/s1. The second-order valence-electron chi connectivity index (χ2n) is 5.10. The summed E-state index contributed by atoms with van der Waals surface area (Å²) in [7, 11) is 0. The summed E-state index contributed by atoms with van der Waals surface area (Å²) in [4.78, 5) is 13.8. The van der Waals surface area contributed by atoms with Gasteiger partial charge in [0.1, 0.15) is 0 Å². The van der Waals surface area contributed by atoms with Gasteiger partial charge in [0, 0.05) is 13.5 Å². The second-order valence-corrected chi connectivity index (χ2v) is 5.10. The first-order valence-corrected chi connectivity index (χ1v) is 6.81. The van der Waals surface area contributed by atoms with Gasteiger partial charge in [-0.3, -0.25) is 4.79 Å². The van der Waals surface area contributed by atoms with Crippen molar-refractivity contribution in [1.82, 2.24) is 4.90 Å². The van der Waals surface area contributed by atoms with Crippen molar-refractivity contribution in [2.45, 2.75) is 53.5 Å². The molecule has 0 aromatic heterocycles. The molecule has 2 nitrogen and oxygen atoms in total. The van der Waals surface area contributed by atoms with Gasteiger partial charge in [-0.25, -0.2) is 0 Å². The zero-order valence-corrected chi connectivity index (χ0v) is 12.3. The van der Waals surface area contributed by atoms with Crippen LogP contribution in [0.1, 0.15) is 56.3 Å². The van der Waals surface area contributed by atoms with Gasteiger partial charge in [-0.2, -0.15) is 0 Å². The molecule has 0 saturated carbocycles. The van der Waals surface area contributed by atoms with Crippen LogP contribution in [-0.2, 0) is 4.79 Å². The second kappa shape index (κ2) is 6.58. The summed E-state index contributed by atoms with van der Waals surface area (Å²) < 4.78 is 0. The van der Waals surface area contributed by atoms with E-state index in [0.29, 0.717) is 0 Å². The molecule has 18 heavy (non-hydrogen) atoms. The van der Waals surface area contributed by atoms with Crippen LogP contribution in [0.4, 0.5) is 0 Å². The Morgan fingerprint density at radius 2 is 2.00 bits per heavy atom. The molecule has 1 aromatic carbocycles. The van der Waals surface area contributed by atoms with E-state index in [4.69, 9.17) is 0 Å². The predicted molar refractivity (Wildman–Crippen MR) is 76.6 cm³/mol. The maximum Gasteiger partial charge on any atom is 0.219 e. The van der Waals surface area contributed by atoms with Crippen LogP contribution in [0.25, 0.3) is 0 Å². The van der Waals surface area contributed by atoms with E-state index < -0.39 is 0 Å². The zero-order valence-electron chi connectivity index (χ0n) is 12.3. The number of amides is 1. The largest absolute Gasteiger partial charge is 0.336 e. The maximum atomic E-state index is 11.8. The van der Waals surface area contributed by atoms with E-state index in [1.165, 1.54) is 16.7 Å². The number of benzene rings is 1. The van der Waals surface area contributed by atoms with Crippen molar-refractivity contribution in [3.05, 3.63) is 34.9 Å². The van der Waals surface area contributed by atoms with Crippen LogP contribution in [0.15, 0.2) is 18.2 Å². The Morgan fingerprint density at radius 1 is 1.33 bits per heavy atom. The van der Waals surface area contributed by atoms with Gasteiger partial charge in [0.25, 0.3) is 0 Å². The Kier molecular flexibility index (Phi) is 5.39. The summed E-state index contributed by atoms with van der Waals surface area (Å²) in [6, 6.07) is 6.62. The number of nitrogens with zero attached hydrogens (tertiary/aromatic N) is 1. The van der Waals surface area contributed by atoms with Crippen LogP contribution < -0.4 is 0 Å². The Bertz CT molecular complexity index is 412. The van der Waals surface area contributed by atoms with Crippen molar-refractivity contribution >= 4 is 5.91 Å². The van der Waals surface area contributed by atoms with Crippen LogP contribution in [0, 0.1) is 13.8 Å². The van der Waals surface area contributed by atoms with Crippen LogP contribution in [0.3, 0.4) is 0 Å². The van der Waals surface area contributed by atoms with E-state index >= 15 is 0 Å². The summed E-state index contributed by atoms with van der Waals surface area (Å²) >= 11 is 0. The first-order chi connectivity index (χ1) is 8.47. The lowest BCUT2D eigenvalue weighted by Crippen LogP contribution is -2.32.